The van der Waals surface area contributed by atoms with Crippen LogP contribution in [0.25, 0.3) is 22.8 Å². The molecule has 1 aromatic heterocycles. The number of carbonyl (C=O) groups excluding carboxylic acids is 1. The SMILES string of the molecule is O=C(c1cccc(-c2noc(-c3ccc(F)c(F)c3)n2)c1)N1CCCC1. The van der Waals surface area contributed by atoms with Crippen molar-refractivity contribution in [2.45, 2.75) is 12.8 Å². The zero-order valence-electron chi connectivity index (χ0n) is 13.8. The maximum absolute atomic E-state index is 13.4. The van der Waals surface area contributed by atoms with Gasteiger partial charge in [0.15, 0.2) is 11.6 Å². The fourth-order valence-electron chi connectivity index (χ4n) is 2.98. The van der Waals surface area contributed by atoms with E-state index in [0.29, 0.717) is 11.1 Å². The number of nitrogens with zero attached hydrogens (tertiary/aromatic N) is 3. The Hall–Kier alpha value is -3.09. The standard InChI is InChI=1S/C19H15F2N3O2/c20-15-7-6-13(11-16(15)21)18-22-17(23-26-18)12-4-3-5-14(10-12)19(25)24-8-1-2-9-24/h3-7,10-11H,1-2,8-9H2. The van der Waals surface area contributed by atoms with Gasteiger partial charge < -0.3 is 9.42 Å². The van der Waals surface area contributed by atoms with E-state index in [2.05, 4.69) is 10.1 Å². The van der Waals surface area contributed by atoms with Gasteiger partial charge >= 0.3 is 0 Å². The van der Waals surface area contributed by atoms with Gasteiger partial charge in [0.05, 0.1) is 0 Å². The van der Waals surface area contributed by atoms with Gasteiger partial charge in [0, 0.05) is 29.8 Å². The van der Waals surface area contributed by atoms with Crippen LogP contribution in [0.5, 0.6) is 0 Å². The maximum atomic E-state index is 13.4. The molecule has 1 aliphatic rings. The number of rotatable bonds is 3. The molecule has 0 spiro atoms. The molecule has 4 rings (SSSR count). The van der Waals surface area contributed by atoms with Crippen LogP contribution in [0.3, 0.4) is 0 Å². The van der Waals surface area contributed by atoms with E-state index in [1.54, 1.807) is 24.3 Å². The molecule has 0 atom stereocenters. The van der Waals surface area contributed by atoms with E-state index >= 15 is 0 Å². The highest BCUT2D eigenvalue weighted by Gasteiger charge is 2.20. The van der Waals surface area contributed by atoms with Gasteiger partial charge in [-0.05, 0) is 43.2 Å². The van der Waals surface area contributed by atoms with Gasteiger partial charge in [0.25, 0.3) is 11.8 Å². The third-order valence-electron chi connectivity index (χ3n) is 4.35. The third kappa shape index (κ3) is 3.08. The molecule has 1 aliphatic heterocycles. The van der Waals surface area contributed by atoms with Crippen molar-refractivity contribution in [3.63, 3.8) is 0 Å². The molecule has 1 saturated heterocycles. The van der Waals surface area contributed by atoms with Gasteiger partial charge in [0.2, 0.25) is 5.82 Å². The van der Waals surface area contributed by atoms with Gasteiger partial charge in [-0.3, -0.25) is 4.79 Å². The predicted octanol–water partition coefficient (Wildman–Crippen LogP) is 3.92. The van der Waals surface area contributed by atoms with Gasteiger partial charge in [-0.1, -0.05) is 17.3 Å². The van der Waals surface area contributed by atoms with E-state index in [1.807, 2.05) is 4.90 Å². The summed E-state index contributed by atoms with van der Waals surface area (Å²) in [7, 11) is 0. The maximum Gasteiger partial charge on any atom is 0.258 e. The summed E-state index contributed by atoms with van der Waals surface area (Å²) in [5, 5.41) is 3.89. The average molecular weight is 355 g/mol. The van der Waals surface area contributed by atoms with Crippen LogP contribution in [-0.4, -0.2) is 34.0 Å². The van der Waals surface area contributed by atoms with E-state index in [1.165, 1.54) is 6.07 Å². The van der Waals surface area contributed by atoms with Crippen molar-refractivity contribution in [1.29, 1.82) is 0 Å². The molecular weight excluding hydrogens is 340 g/mol. The number of amides is 1. The molecule has 5 nitrogen and oxygen atoms in total. The van der Waals surface area contributed by atoms with Crippen LogP contribution in [0.15, 0.2) is 47.0 Å². The minimum absolute atomic E-state index is 0.0197. The van der Waals surface area contributed by atoms with Crippen molar-refractivity contribution in [2.24, 2.45) is 0 Å². The molecule has 1 fully saturated rings. The van der Waals surface area contributed by atoms with E-state index in [-0.39, 0.29) is 23.2 Å². The monoisotopic (exact) mass is 355 g/mol. The van der Waals surface area contributed by atoms with E-state index in [0.717, 1.165) is 38.1 Å². The highest BCUT2D eigenvalue weighted by atomic mass is 19.2. The molecule has 2 heterocycles. The minimum Gasteiger partial charge on any atom is -0.339 e. The van der Waals surface area contributed by atoms with E-state index in [4.69, 9.17) is 4.52 Å². The molecule has 0 radical (unpaired) electrons. The summed E-state index contributed by atoms with van der Waals surface area (Å²) in [5.41, 5.74) is 1.46. The largest absolute Gasteiger partial charge is 0.339 e. The lowest BCUT2D eigenvalue weighted by molar-refractivity contribution is 0.0793. The van der Waals surface area contributed by atoms with Gasteiger partial charge in [-0.15, -0.1) is 0 Å². The first-order chi connectivity index (χ1) is 12.6. The smallest absolute Gasteiger partial charge is 0.258 e. The Labute approximate surface area is 148 Å². The van der Waals surface area contributed by atoms with Crippen LogP contribution in [0.4, 0.5) is 8.78 Å². The second kappa shape index (κ2) is 6.67. The second-order valence-corrected chi connectivity index (χ2v) is 6.13. The number of hydrogen-bond donors (Lipinski definition) is 0. The molecule has 0 aliphatic carbocycles. The first kappa shape index (κ1) is 16.4. The Kier molecular flexibility index (Phi) is 4.20. The van der Waals surface area contributed by atoms with Crippen LogP contribution in [0.1, 0.15) is 23.2 Å². The Balaban J connectivity index is 1.62. The summed E-state index contributed by atoms with van der Waals surface area (Å²) in [6.07, 6.45) is 2.04. The zero-order valence-corrected chi connectivity index (χ0v) is 13.8. The third-order valence-corrected chi connectivity index (χ3v) is 4.35. The van der Waals surface area contributed by atoms with Crippen LogP contribution in [0, 0.1) is 11.6 Å². The summed E-state index contributed by atoms with van der Waals surface area (Å²) in [5.74, 6) is -1.59. The summed E-state index contributed by atoms with van der Waals surface area (Å²) in [6.45, 7) is 1.54. The second-order valence-electron chi connectivity index (χ2n) is 6.13. The van der Waals surface area contributed by atoms with E-state index < -0.39 is 11.6 Å². The zero-order chi connectivity index (χ0) is 18.1. The fourth-order valence-corrected chi connectivity index (χ4v) is 2.98. The number of likely N-dealkylation sites (tertiary alicyclic amines) is 1. The van der Waals surface area contributed by atoms with Gasteiger partial charge in [0.1, 0.15) is 0 Å². The van der Waals surface area contributed by atoms with Gasteiger partial charge in [-0.25, -0.2) is 8.78 Å². The van der Waals surface area contributed by atoms with Crippen LogP contribution < -0.4 is 0 Å². The lowest BCUT2D eigenvalue weighted by Gasteiger charge is -2.15. The molecule has 132 valence electrons. The van der Waals surface area contributed by atoms with Crippen LogP contribution in [-0.2, 0) is 0 Å². The van der Waals surface area contributed by atoms with Crippen LogP contribution in [0.2, 0.25) is 0 Å². The minimum atomic E-state index is -0.986. The lowest BCUT2D eigenvalue weighted by Crippen LogP contribution is -2.27. The Bertz CT molecular complexity index is 965. The molecule has 26 heavy (non-hydrogen) atoms. The number of halogens is 2. The summed E-state index contributed by atoms with van der Waals surface area (Å²) < 4.78 is 31.6. The molecule has 0 N–H and O–H groups in total. The van der Waals surface area contributed by atoms with Crippen molar-refractivity contribution >= 4 is 5.91 Å². The lowest BCUT2D eigenvalue weighted by atomic mass is 10.1. The molecule has 7 heteroatoms. The molecule has 0 bridgehead atoms. The highest BCUT2D eigenvalue weighted by Crippen LogP contribution is 2.24. The average Bonchev–Trinajstić information content (AvgIpc) is 3.35. The van der Waals surface area contributed by atoms with E-state index in [9.17, 15) is 13.6 Å². The topological polar surface area (TPSA) is 59.2 Å². The normalized spacial score (nSPS) is 14.0. The Morgan fingerprint density at radius 1 is 1.00 bits per heavy atom. The molecule has 2 aromatic carbocycles. The van der Waals surface area contributed by atoms with Crippen molar-refractivity contribution in [2.75, 3.05) is 13.1 Å². The Morgan fingerprint density at radius 2 is 1.81 bits per heavy atom. The molecule has 1 amide bonds. The number of hydrogen-bond acceptors (Lipinski definition) is 4. The van der Waals surface area contributed by atoms with Crippen molar-refractivity contribution in [3.05, 3.63) is 59.7 Å². The number of benzene rings is 2. The molecule has 0 saturated carbocycles. The predicted molar refractivity (Wildman–Crippen MR) is 90.2 cm³/mol. The molecular formula is C19H15F2N3O2. The summed E-state index contributed by atoms with van der Waals surface area (Å²) in [4.78, 5) is 18.6. The molecule has 3 aromatic rings. The van der Waals surface area contributed by atoms with Crippen molar-refractivity contribution in [1.82, 2.24) is 15.0 Å². The number of carbonyl (C=O) groups is 1. The van der Waals surface area contributed by atoms with Gasteiger partial charge in [-0.2, -0.15) is 4.98 Å². The first-order valence-electron chi connectivity index (χ1n) is 8.31. The van der Waals surface area contributed by atoms with Crippen molar-refractivity contribution < 1.29 is 18.1 Å². The quantitative estimate of drug-likeness (QED) is 0.715. The summed E-state index contributed by atoms with van der Waals surface area (Å²) in [6, 6.07) is 10.3. The number of aromatic nitrogens is 2. The molecule has 0 unspecified atom stereocenters. The first-order valence-corrected chi connectivity index (χ1v) is 8.31. The summed E-state index contributed by atoms with van der Waals surface area (Å²) >= 11 is 0. The van der Waals surface area contributed by atoms with Crippen LogP contribution >= 0.6 is 0 Å². The van der Waals surface area contributed by atoms with Crippen molar-refractivity contribution in [3.8, 4) is 22.8 Å². The highest BCUT2D eigenvalue weighted by molar-refractivity contribution is 5.95. The Morgan fingerprint density at radius 3 is 2.58 bits per heavy atom. The fraction of sp³-hybridized carbons (Fsp3) is 0.211.